The lowest BCUT2D eigenvalue weighted by Gasteiger charge is -2.36. The number of imide groups is 1. The quantitative estimate of drug-likeness (QED) is 0.637. The van der Waals surface area contributed by atoms with Gasteiger partial charge in [-0.1, -0.05) is 26.7 Å². The second kappa shape index (κ2) is 8.13. The Hall–Kier alpha value is -1.34. The van der Waals surface area contributed by atoms with Gasteiger partial charge in [-0.3, -0.25) is 14.5 Å². The van der Waals surface area contributed by atoms with Gasteiger partial charge in [-0.05, 0) is 50.1 Å². The number of nitrogens with one attached hydrogen (secondary N) is 3. The van der Waals surface area contributed by atoms with Gasteiger partial charge in [0.05, 0.1) is 0 Å². The first-order valence-electron chi connectivity index (χ1n) is 9.48. The van der Waals surface area contributed by atoms with Gasteiger partial charge in [0.25, 0.3) is 5.91 Å². The number of piperidine rings is 1. The van der Waals surface area contributed by atoms with Crippen LogP contribution in [0.5, 0.6) is 0 Å². The molecule has 0 bridgehead atoms. The molecule has 148 valence electrons. The SMILES string of the molecule is CC1CCCCC12NC(=O)N(CC(=O)NCC1(C)CCNCC1)C2=O.Cl. The Kier molecular flexibility index (Phi) is 6.55. The van der Waals surface area contributed by atoms with Crippen molar-refractivity contribution in [3.63, 3.8) is 0 Å². The lowest BCUT2D eigenvalue weighted by Crippen LogP contribution is -2.54. The van der Waals surface area contributed by atoms with Gasteiger partial charge < -0.3 is 16.0 Å². The molecular formula is C18H31ClN4O3. The topological polar surface area (TPSA) is 90.5 Å². The first-order chi connectivity index (χ1) is 11.9. The summed E-state index contributed by atoms with van der Waals surface area (Å²) in [5.41, 5.74) is -0.714. The predicted octanol–water partition coefficient (Wildman–Crippen LogP) is 1.41. The van der Waals surface area contributed by atoms with Gasteiger partial charge in [-0.25, -0.2) is 4.79 Å². The minimum Gasteiger partial charge on any atom is -0.354 e. The molecule has 0 radical (unpaired) electrons. The minimum absolute atomic E-state index is 0. The van der Waals surface area contributed by atoms with Gasteiger partial charge in [0.1, 0.15) is 12.1 Å². The zero-order valence-electron chi connectivity index (χ0n) is 15.7. The van der Waals surface area contributed by atoms with Gasteiger partial charge >= 0.3 is 6.03 Å². The summed E-state index contributed by atoms with van der Waals surface area (Å²) in [6.45, 7) is 6.49. The van der Waals surface area contributed by atoms with Crippen LogP contribution in [0.15, 0.2) is 0 Å². The molecule has 2 aliphatic heterocycles. The molecule has 3 rings (SSSR count). The molecular weight excluding hydrogens is 356 g/mol. The molecule has 2 heterocycles. The van der Waals surface area contributed by atoms with Crippen molar-refractivity contribution >= 4 is 30.3 Å². The minimum atomic E-state index is -0.795. The smallest absolute Gasteiger partial charge is 0.325 e. The van der Waals surface area contributed by atoms with Gasteiger partial charge in [0, 0.05) is 6.54 Å². The molecule has 3 N–H and O–H groups in total. The lowest BCUT2D eigenvalue weighted by atomic mass is 9.73. The Balaban J connectivity index is 0.00000243. The Morgan fingerprint density at radius 1 is 1.23 bits per heavy atom. The van der Waals surface area contributed by atoms with Crippen LogP contribution in [0.25, 0.3) is 0 Å². The van der Waals surface area contributed by atoms with Crippen molar-refractivity contribution in [2.24, 2.45) is 11.3 Å². The zero-order chi connectivity index (χ0) is 18.1. The molecule has 3 aliphatic rings. The fourth-order valence-corrected chi connectivity index (χ4v) is 4.36. The average molecular weight is 387 g/mol. The highest BCUT2D eigenvalue weighted by Gasteiger charge is 2.55. The number of hydrogen-bond acceptors (Lipinski definition) is 4. The largest absolute Gasteiger partial charge is 0.354 e. The van der Waals surface area contributed by atoms with E-state index in [9.17, 15) is 14.4 Å². The average Bonchev–Trinajstić information content (AvgIpc) is 2.82. The Morgan fingerprint density at radius 2 is 1.92 bits per heavy atom. The molecule has 2 unspecified atom stereocenters. The van der Waals surface area contributed by atoms with E-state index >= 15 is 0 Å². The van der Waals surface area contributed by atoms with Gasteiger partial charge in [0.15, 0.2) is 0 Å². The number of halogens is 1. The number of urea groups is 1. The van der Waals surface area contributed by atoms with Crippen LogP contribution in [0.2, 0.25) is 0 Å². The van der Waals surface area contributed by atoms with Gasteiger partial charge in [-0.2, -0.15) is 0 Å². The number of carbonyl (C=O) groups excluding carboxylic acids is 3. The molecule has 7 nitrogen and oxygen atoms in total. The van der Waals surface area contributed by atoms with Crippen LogP contribution in [0.1, 0.15) is 52.4 Å². The Labute approximate surface area is 161 Å². The van der Waals surface area contributed by atoms with E-state index < -0.39 is 11.6 Å². The second-order valence-electron chi connectivity index (χ2n) is 8.28. The fourth-order valence-electron chi connectivity index (χ4n) is 4.36. The maximum Gasteiger partial charge on any atom is 0.325 e. The predicted molar refractivity (Wildman–Crippen MR) is 101 cm³/mol. The van der Waals surface area contributed by atoms with Crippen molar-refractivity contribution in [3.05, 3.63) is 0 Å². The third-order valence-corrected chi connectivity index (χ3v) is 6.33. The van der Waals surface area contributed by atoms with Crippen molar-refractivity contribution in [1.82, 2.24) is 20.9 Å². The number of rotatable bonds is 4. The molecule has 2 atom stereocenters. The van der Waals surface area contributed by atoms with E-state index in [-0.39, 0.29) is 42.1 Å². The molecule has 1 aliphatic carbocycles. The Bertz CT molecular complexity index is 565. The second-order valence-corrected chi connectivity index (χ2v) is 8.28. The molecule has 0 aromatic carbocycles. The van der Waals surface area contributed by atoms with Crippen LogP contribution in [-0.4, -0.2) is 54.5 Å². The molecule has 1 saturated carbocycles. The highest BCUT2D eigenvalue weighted by Crippen LogP contribution is 2.38. The fraction of sp³-hybridized carbons (Fsp3) is 0.833. The number of hydrogen-bond donors (Lipinski definition) is 3. The van der Waals surface area contributed by atoms with E-state index in [1.54, 1.807) is 0 Å². The summed E-state index contributed by atoms with van der Waals surface area (Å²) in [4.78, 5) is 38.6. The van der Waals surface area contributed by atoms with Crippen molar-refractivity contribution in [1.29, 1.82) is 0 Å². The summed E-state index contributed by atoms with van der Waals surface area (Å²) in [6.07, 6.45) is 5.64. The van der Waals surface area contributed by atoms with Crippen molar-refractivity contribution < 1.29 is 14.4 Å². The molecule has 3 fully saturated rings. The van der Waals surface area contributed by atoms with E-state index in [0.29, 0.717) is 13.0 Å². The molecule has 0 aromatic heterocycles. The van der Waals surface area contributed by atoms with Crippen LogP contribution in [0, 0.1) is 11.3 Å². The van der Waals surface area contributed by atoms with Crippen LogP contribution in [0.4, 0.5) is 4.79 Å². The summed E-state index contributed by atoms with van der Waals surface area (Å²) in [6, 6.07) is -0.429. The highest BCUT2D eigenvalue weighted by atomic mass is 35.5. The third-order valence-electron chi connectivity index (χ3n) is 6.33. The number of carbonyl (C=O) groups is 3. The van der Waals surface area contributed by atoms with E-state index in [2.05, 4.69) is 22.9 Å². The molecule has 0 aromatic rings. The first-order valence-corrected chi connectivity index (χ1v) is 9.48. The molecule has 4 amide bonds. The number of nitrogens with zero attached hydrogens (tertiary/aromatic N) is 1. The summed E-state index contributed by atoms with van der Waals surface area (Å²) >= 11 is 0. The monoisotopic (exact) mass is 386 g/mol. The molecule has 26 heavy (non-hydrogen) atoms. The highest BCUT2D eigenvalue weighted by molar-refractivity contribution is 6.09. The van der Waals surface area contributed by atoms with Crippen molar-refractivity contribution in [2.45, 2.75) is 57.9 Å². The van der Waals surface area contributed by atoms with Crippen LogP contribution in [0.3, 0.4) is 0 Å². The van der Waals surface area contributed by atoms with Crippen LogP contribution >= 0.6 is 12.4 Å². The standard InChI is InChI=1S/C18H30N4O3.ClH/c1-13-5-3-4-6-18(13)15(24)22(16(25)21-18)11-14(23)20-12-17(2)7-9-19-10-8-17;/h13,19H,3-12H2,1-2H3,(H,20,23)(H,21,25);1H. The zero-order valence-corrected chi connectivity index (χ0v) is 16.5. The summed E-state index contributed by atoms with van der Waals surface area (Å²) < 4.78 is 0. The van der Waals surface area contributed by atoms with E-state index in [0.717, 1.165) is 50.1 Å². The van der Waals surface area contributed by atoms with Gasteiger partial charge in [0.2, 0.25) is 5.91 Å². The summed E-state index contributed by atoms with van der Waals surface area (Å²) in [7, 11) is 0. The summed E-state index contributed by atoms with van der Waals surface area (Å²) in [5.74, 6) is -0.379. The normalized spacial score (nSPS) is 30.7. The molecule has 2 saturated heterocycles. The van der Waals surface area contributed by atoms with Gasteiger partial charge in [-0.15, -0.1) is 12.4 Å². The van der Waals surface area contributed by atoms with E-state index in [1.165, 1.54) is 0 Å². The molecule has 1 spiro atoms. The third kappa shape index (κ3) is 3.98. The Morgan fingerprint density at radius 3 is 2.58 bits per heavy atom. The van der Waals surface area contributed by atoms with Crippen molar-refractivity contribution in [2.75, 3.05) is 26.2 Å². The maximum absolute atomic E-state index is 12.9. The maximum atomic E-state index is 12.9. The summed E-state index contributed by atoms with van der Waals surface area (Å²) in [5, 5.41) is 9.13. The lowest BCUT2D eigenvalue weighted by molar-refractivity contribution is -0.137. The van der Waals surface area contributed by atoms with Crippen LogP contribution < -0.4 is 16.0 Å². The van der Waals surface area contributed by atoms with Crippen molar-refractivity contribution in [3.8, 4) is 0 Å². The first kappa shape index (κ1) is 21.0. The van der Waals surface area contributed by atoms with Crippen LogP contribution in [-0.2, 0) is 9.59 Å². The number of amides is 4. The molecule has 8 heteroatoms. The van der Waals surface area contributed by atoms with E-state index in [1.807, 2.05) is 6.92 Å². The van der Waals surface area contributed by atoms with E-state index in [4.69, 9.17) is 0 Å².